The van der Waals surface area contributed by atoms with Gasteiger partial charge in [-0.1, -0.05) is 76.3 Å². The molecule has 1 aliphatic carbocycles. The second kappa shape index (κ2) is 18.3. The maximum absolute atomic E-state index is 13.3. The van der Waals surface area contributed by atoms with Crippen LogP contribution in [0.4, 0.5) is 0 Å². The topological polar surface area (TPSA) is 142 Å². The van der Waals surface area contributed by atoms with Crippen LogP contribution in [0.15, 0.2) is 30.3 Å². The van der Waals surface area contributed by atoms with Gasteiger partial charge in [0.2, 0.25) is 12.7 Å². The van der Waals surface area contributed by atoms with Gasteiger partial charge in [-0.25, -0.2) is 4.79 Å². The summed E-state index contributed by atoms with van der Waals surface area (Å²) in [5.41, 5.74) is 7.01. The summed E-state index contributed by atoms with van der Waals surface area (Å²) in [6, 6.07) is 8.56. The van der Waals surface area contributed by atoms with Crippen LogP contribution in [0.1, 0.15) is 77.7 Å². The number of esters is 3. The van der Waals surface area contributed by atoms with Crippen LogP contribution in [0, 0.1) is 23.7 Å². The first-order chi connectivity index (χ1) is 21.1. The molecule has 0 bridgehead atoms. The van der Waals surface area contributed by atoms with Gasteiger partial charge in [0.05, 0.1) is 19.9 Å². The predicted octanol–water partition coefficient (Wildman–Crippen LogP) is 4.57. The average Bonchev–Trinajstić information content (AvgIpc) is 3.48. The monoisotopic (exact) mass is 634 g/mol. The highest BCUT2D eigenvalue weighted by Crippen LogP contribution is 2.38. The molecule has 5 atom stereocenters. The molecule has 2 unspecified atom stereocenters. The van der Waals surface area contributed by atoms with Crippen molar-refractivity contribution in [3.8, 4) is 0 Å². The molecule has 1 amide bonds. The molecular formula is C33H51N2O8P. The first-order valence-electron chi connectivity index (χ1n) is 16.2. The lowest BCUT2D eigenvalue weighted by molar-refractivity contribution is -0.175. The Labute approximate surface area is 262 Å². The minimum atomic E-state index is -2.13. The number of amides is 1. The van der Waals surface area contributed by atoms with Gasteiger partial charge in [-0.05, 0) is 62.1 Å². The molecule has 1 aromatic carbocycles. The van der Waals surface area contributed by atoms with Crippen molar-refractivity contribution in [2.45, 2.75) is 90.6 Å². The third-order valence-corrected chi connectivity index (χ3v) is 10.5. The second-order valence-electron chi connectivity index (χ2n) is 12.7. The quantitative estimate of drug-likeness (QED) is 0.120. The van der Waals surface area contributed by atoms with E-state index in [1.54, 1.807) is 18.7 Å². The lowest BCUT2D eigenvalue weighted by atomic mass is 9.79. The summed E-state index contributed by atoms with van der Waals surface area (Å²) in [6.07, 6.45) is 9.19. The van der Waals surface area contributed by atoms with Gasteiger partial charge in [0, 0.05) is 6.54 Å². The van der Waals surface area contributed by atoms with Crippen LogP contribution < -0.4 is 5.73 Å². The van der Waals surface area contributed by atoms with Crippen molar-refractivity contribution in [1.29, 1.82) is 0 Å². The van der Waals surface area contributed by atoms with Crippen molar-refractivity contribution >= 4 is 31.6 Å². The lowest BCUT2D eigenvalue weighted by Gasteiger charge is -2.27. The van der Waals surface area contributed by atoms with Crippen molar-refractivity contribution in [1.82, 2.24) is 4.90 Å². The minimum Gasteiger partial charge on any atom is -0.464 e. The first kappa shape index (κ1) is 35.8. The van der Waals surface area contributed by atoms with Gasteiger partial charge in [0.25, 0.3) is 0 Å². The van der Waals surface area contributed by atoms with E-state index in [0.717, 1.165) is 44.9 Å². The van der Waals surface area contributed by atoms with E-state index >= 15 is 0 Å². The summed E-state index contributed by atoms with van der Waals surface area (Å²) in [4.78, 5) is 52.4. The molecular weight excluding hydrogens is 583 g/mol. The molecule has 11 heteroatoms. The number of carbonyl (C=O) groups excluding carboxylic acids is 4. The molecule has 1 saturated carbocycles. The zero-order chi connectivity index (χ0) is 32.1. The average molecular weight is 635 g/mol. The van der Waals surface area contributed by atoms with E-state index in [1.165, 1.54) is 18.9 Å². The highest BCUT2D eigenvalue weighted by Gasteiger charge is 2.43. The van der Waals surface area contributed by atoms with Crippen LogP contribution in [0.25, 0.3) is 0 Å². The molecule has 2 aliphatic rings. The first-order valence-corrected chi connectivity index (χ1v) is 18.0. The number of ether oxygens (including phenoxy) is 3. The zero-order valence-corrected chi connectivity index (χ0v) is 27.5. The number of aryl methyl sites for hydroxylation is 1. The number of hydrogen-bond donors (Lipinski definition) is 1. The largest absolute Gasteiger partial charge is 0.464 e. The fraction of sp³-hybridized carbons (Fsp3) is 0.697. The Morgan fingerprint density at radius 1 is 0.932 bits per heavy atom. The second-order valence-corrected chi connectivity index (χ2v) is 14.6. The van der Waals surface area contributed by atoms with Crippen LogP contribution in [0.5, 0.6) is 0 Å². The molecule has 0 aromatic heterocycles. The molecule has 10 nitrogen and oxygen atoms in total. The molecule has 0 radical (unpaired) electrons. The SMILES string of the molecule is CC(COC(=O)[C@@H](N)C(C)C)C(=O)OCOC(=O)[C@@H]1C[C@@H](C2CCCCC2)CN1C(=O)C[PH](=O)CCCCc1ccccc1. The summed E-state index contributed by atoms with van der Waals surface area (Å²) in [6.45, 7) is 4.77. The van der Waals surface area contributed by atoms with Crippen molar-refractivity contribution in [3.63, 3.8) is 0 Å². The number of nitrogens with two attached hydrogens (primary N) is 1. The molecule has 3 rings (SSSR count). The van der Waals surface area contributed by atoms with Gasteiger partial charge in [-0.3, -0.25) is 14.4 Å². The van der Waals surface area contributed by atoms with E-state index in [4.69, 9.17) is 19.9 Å². The fourth-order valence-electron chi connectivity index (χ4n) is 6.00. The normalized spacial score (nSPS) is 21.0. The van der Waals surface area contributed by atoms with Crippen molar-refractivity contribution < 1.29 is 38.0 Å². The summed E-state index contributed by atoms with van der Waals surface area (Å²) in [7, 11) is -2.13. The molecule has 1 saturated heterocycles. The summed E-state index contributed by atoms with van der Waals surface area (Å²) < 4.78 is 28.4. The Morgan fingerprint density at radius 3 is 2.32 bits per heavy atom. The lowest BCUT2D eigenvalue weighted by Crippen LogP contribution is -2.42. The number of unbranched alkanes of at least 4 members (excludes halogenated alkanes) is 1. The molecule has 1 aliphatic heterocycles. The van der Waals surface area contributed by atoms with Gasteiger partial charge < -0.3 is 29.4 Å². The maximum Gasteiger partial charge on any atom is 0.331 e. The number of hydrogen-bond acceptors (Lipinski definition) is 9. The molecule has 0 spiro atoms. The Morgan fingerprint density at radius 2 is 1.64 bits per heavy atom. The number of carbonyl (C=O) groups is 4. The standard InChI is InChI=1S/C33H51N2O8P/c1-23(2)30(34)33(39)41-20-24(3)31(37)42-22-43-32(38)28-18-27(26-15-8-5-9-16-26)19-35(28)29(36)21-44(40)17-11-10-14-25-12-6-4-7-13-25/h4,6-7,12-13,23-24,26-28,30,44H,5,8-11,14-22,34H2,1-3H3/t24?,27-,28+,30+/m1/s1. The fourth-order valence-corrected chi connectivity index (χ4v) is 7.36. The smallest absolute Gasteiger partial charge is 0.331 e. The van der Waals surface area contributed by atoms with E-state index in [-0.39, 0.29) is 30.5 Å². The Balaban J connectivity index is 1.48. The van der Waals surface area contributed by atoms with E-state index in [9.17, 15) is 23.7 Å². The molecule has 1 aromatic rings. The predicted molar refractivity (Wildman–Crippen MR) is 168 cm³/mol. The third-order valence-electron chi connectivity index (χ3n) is 8.88. The summed E-state index contributed by atoms with van der Waals surface area (Å²) in [5.74, 6) is -2.44. The van der Waals surface area contributed by atoms with Gasteiger partial charge >= 0.3 is 17.9 Å². The highest BCUT2D eigenvalue weighted by atomic mass is 31.1. The van der Waals surface area contributed by atoms with Gasteiger partial charge in [-0.2, -0.15) is 0 Å². The van der Waals surface area contributed by atoms with Crippen molar-refractivity contribution in [2.75, 3.05) is 32.3 Å². The van der Waals surface area contributed by atoms with E-state index in [1.807, 2.05) is 18.2 Å². The van der Waals surface area contributed by atoms with E-state index in [2.05, 4.69) is 12.1 Å². The molecule has 1 heterocycles. The maximum atomic E-state index is 13.3. The van der Waals surface area contributed by atoms with E-state index in [0.29, 0.717) is 25.0 Å². The van der Waals surface area contributed by atoms with Crippen LogP contribution in [0.3, 0.4) is 0 Å². The Hall–Kier alpha value is -2.71. The van der Waals surface area contributed by atoms with Crippen molar-refractivity contribution in [3.05, 3.63) is 35.9 Å². The number of rotatable bonds is 16. The van der Waals surface area contributed by atoms with Crippen LogP contribution in [-0.2, 0) is 44.4 Å². The zero-order valence-electron chi connectivity index (χ0n) is 26.5. The molecule has 44 heavy (non-hydrogen) atoms. The van der Waals surface area contributed by atoms with Crippen LogP contribution in [-0.4, -0.2) is 73.1 Å². The van der Waals surface area contributed by atoms with Crippen molar-refractivity contribution in [2.24, 2.45) is 29.4 Å². The number of nitrogens with zero attached hydrogens (tertiary/aromatic N) is 1. The Bertz CT molecular complexity index is 1110. The summed E-state index contributed by atoms with van der Waals surface area (Å²) in [5, 5.41) is 0. The number of likely N-dealkylation sites (tertiary alicyclic amines) is 1. The molecule has 2 fully saturated rings. The van der Waals surface area contributed by atoms with Gasteiger partial charge in [0.1, 0.15) is 18.7 Å². The highest BCUT2D eigenvalue weighted by molar-refractivity contribution is 7.45. The third kappa shape index (κ3) is 11.3. The van der Waals surface area contributed by atoms with E-state index < -0.39 is 50.5 Å². The molecule has 246 valence electrons. The Kier molecular flexibility index (Phi) is 14.9. The molecule has 2 N–H and O–H groups in total. The van der Waals surface area contributed by atoms with Gasteiger partial charge in [-0.15, -0.1) is 0 Å². The van der Waals surface area contributed by atoms with Gasteiger partial charge in [0.15, 0.2) is 0 Å². The number of benzene rings is 1. The van der Waals surface area contributed by atoms with Crippen LogP contribution in [0.2, 0.25) is 0 Å². The van der Waals surface area contributed by atoms with Crippen LogP contribution >= 0.6 is 7.80 Å². The summed E-state index contributed by atoms with van der Waals surface area (Å²) >= 11 is 0. The minimum absolute atomic E-state index is 0.0527.